The highest BCUT2D eigenvalue weighted by Gasteiger charge is 2.26. The van der Waals surface area contributed by atoms with Gasteiger partial charge in [-0.25, -0.2) is 9.59 Å². The quantitative estimate of drug-likeness (QED) is 0.230. The van der Waals surface area contributed by atoms with E-state index in [0.717, 1.165) is 18.1 Å². The highest BCUT2D eigenvalue weighted by Crippen LogP contribution is 2.39. The fourth-order valence-corrected chi connectivity index (χ4v) is 3.53. The van der Waals surface area contributed by atoms with Gasteiger partial charge in [-0.15, -0.1) is 0 Å². The first kappa shape index (κ1) is 21.5. The lowest BCUT2D eigenvalue weighted by Gasteiger charge is -2.30. The van der Waals surface area contributed by atoms with Crippen molar-refractivity contribution in [1.29, 1.82) is 10.5 Å². The molecule has 0 N–H and O–H groups in total. The first-order valence-corrected chi connectivity index (χ1v) is 9.59. The molecule has 1 aliphatic rings. The highest BCUT2D eigenvalue weighted by molar-refractivity contribution is 5.85. The Labute approximate surface area is 179 Å². The van der Waals surface area contributed by atoms with Crippen molar-refractivity contribution in [3.63, 3.8) is 0 Å². The number of hydrogen-bond acceptors (Lipinski definition) is 6. The summed E-state index contributed by atoms with van der Waals surface area (Å²) in [6.07, 6.45) is 7.75. The fourth-order valence-electron chi connectivity index (χ4n) is 3.53. The Balaban J connectivity index is 1.95. The molecule has 1 heterocycles. The largest absolute Gasteiger partial charge is 0.423 e. The molecule has 1 aromatic carbocycles. The number of esters is 1. The molecule has 0 amide bonds. The lowest BCUT2D eigenvalue weighted by Crippen LogP contribution is -2.17. The van der Waals surface area contributed by atoms with E-state index in [1.54, 1.807) is 24.3 Å². The molecule has 0 aliphatic heterocycles. The molecule has 0 fully saturated rings. The molecule has 0 bridgehead atoms. The predicted molar refractivity (Wildman–Crippen MR) is 117 cm³/mol. The van der Waals surface area contributed by atoms with Crippen molar-refractivity contribution in [3.8, 4) is 17.9 Å². The van der Waals surface area contributed by atoms with E-state index in [1.807, 2.05) is 24.3 Å². The van der Waals surface area contributed by atoms with E-state index in [1.165, 1.54) is 6.07 Å². The van der Waals surface area contributed by atoms with Crippen LogP contribution in [-0.4, -0.2) is 5.97 Å². The normalized spacial score (nSPS) is 15.1. The van der Waals surface area contributed by atoms with Crippen molar-refractivity contribution in [2.24, 2.45) is 5.41 Å². The molecule has 2 aromatic rings. The molecule has 0 spiro atoms. The fraction of sp³-hybridized carbons (Fsp3) is 0.200. The summed E-state index contributed by atoms with van der Waals surface area (Å²) < 4.78 is 10.4. The van der Waals surface area contributed by atoms with Gasteiger partial charge in [0, 0.05) is 17.5 Å². The Hall–Kier alpha value is -4.16. The van der Waals surface area contributed by atoms with E-state index in [0.29, 0.717) is 28.5 Å². The van der Waals surface area contributed by atoms with Crippen LogP contribution in [0.5, 0.6) is 5.75 Å². The Bertz CT molecular complexity index is 1290. The molecule has 6 nitrogen and oxygen atoms in total. The van der Waals surface area contributed by atoms with Gasteiger partial charge in [-0.3, -0.25) is 0 Å². The zero-order valence-corrected chi connectivity index (χ0v) is 17.3. The van der Waals surface area contributed by atoms with Crippen molar-refractivity contribution < 1.29 is 13.9 Å². The molecular formula is C25H20N2O4. The lowest BCUT2D eigenvalue weighted by molar-refractivity contribution is -0.128. The van der Waals surface area contributed by atoms with Crippen LogP contribution in [0.25, 0.3) is 17.0 Å². The Morgan fingerprint density at radius 3 is 2.61 bits per heavy atom. The zero-order valence-electron chi connectivity index (χ0n) is 17.3. The molecule has 6 heteroatoms. The highest BCUT2D eigenvalue weighted by atomic mass is 16.5. The molecule has 154 valence electrons. The smallest absolute Gasteiger partial charge is 0.343 e. The van der Waals surface area contributed by atoms with Gasteiger partial charge in [-0.2, -0.15) is 10.5 Å². The monoisotopic (exact) mass is 412 g/mol. The van der Waals surface area contributed by atoms with Crippen LogP contribution in [0.3, 0.4) is 0 Å². The Morgan fingerprint density at radius 1 is 1.19 bits per heavy atom. The van der Waals surface area contributed by atoms with Crippen molar-refractivity contribution >= 4 is 23.0 Å². The average Bonchev–Trinajstić information content (AvgIpc) is 2.72. The number of hydrogen-bond donors (Lipinski definition) is 0. The molecule has 0 radical (unpaired) electrons. The number of benzene rings is 1. The summed E-state index contributed by atoms with van der Waals surface area (Å²) in [5.74, 6) is -0.349. The number of nitriles is 2. The number of fused-ring (bicyclic) bond motifs is 1. The molecule has 0 unspecified atom stereocenters. The van der Waals surface area contributed by atoms with E-state index in [4.69, 9.17) is 9.15 Å². The van der Waals surface area contributed by atoms with E-state index in [-0.39, 0.29) is 16.7 Å². The van der Waals surface area contributed by atoms with Crippen LogP contribution in [0.2, 0.25) is 0 Å². The van der Waals surface area contributed by atoms with Crippen LogP contribution in [0, 0.1) is 28.1 Å². The van der Waals surface area contributed by atoms with E-state index >= 15 is 0 Å². The molecule has 0 atom stereocenters. The predicted octanol–water partition coefficient (Wildman–Crippen LogP) is 4.99. The van der Waals surface area contributed by atoms with Gasteiger partial charge in [0.25, 0.3) is 0 Å². The van der Waals surface area contributed by atoms with E-state index in [9.17, 15) is 20.1 Å². The van der Waals surface area contributed by atoms with Crippen LogP contribution in [-0.2, 0) is 4.79 Å². The second-order valence-corrected chi connectivity index (χ2v) is 8.01. The molecule has 1 aromatic heterocycles. The van der Waals surface area contributed by atoms with Gasteiger partial charge < -0.3 is 9.15 Å². The third kappa shape index (κ3) is 5.07. The molecular weight excluding hydrogens is 392 g/mol. The van der Waals surface area contributed by atoms with E-state index < -0.39 is 11.6 Å². The van der Waals surface area contributed by atoms with Gasteiger partial charge in [0.2, 0.25) is 0 Å². The Morgan fingerprint density at radius 2 is 1.94 bits per heavy atom. The van der Waals surface area contributed by atoms with Gasteiger partial charge in [0.1, 0.15) is 29.0 Å². The number of rotatable bonds is 4. The summed E-state index contributed by atoms with van der Waals surface area (Å²) in [5.41, 5.74) is 1.74. The summed E-state index contributed by atoms with van der Waals surface area (Å²) in [6, 6.07) is 10.4. The van der Waals surface area contributed by atoms with Crippen LogP contribution in [0.4, 0.5) is 0 Å². The van der Waals surface area contributed by atoms with Crippen molar-refractivity contribution in [2.75, 3.05) is 0 Å². The van der Waals surface area contributed by atoms with E-state index in [2.05, 4.69) is 20.4 Å². The van der Waals surface area contributed by atoms with Crippen LogP contribution in [0.15, 0.2) is 75.0 Å². The number of carbonyl (C=O) groups excluding carboxylic acids is 1. The molecule has 0 saturated heterocycles. The summed E-state index contributed by atoms with van der Waals surface area (Å²) in [5, 5.41) is 19.1. The van der Waals surface area contributed by atoms with Crippen LogP contribution in [0.1, 0.15) is 32.3 Å². The maximum absolute atomic E-state index is 12.4. The third-order valence-corrected chi connectivity index (χ3v) is 4.85. The molecule has 31 heavy (non-hydrogen) atoms. The van der Waals surface area contributed by atoms with Gasteiger partial charge in [0.15, 0.2) is 0 Å². The SMILES string of the molecule is C=CC(=O)Oc1ccc2cc(/C=C/C3=CC(=C(C#N)C#N)CC(C)(C)C3)c(=O)oc2c1. The third-order valence-electron chi connectivity index (χ3n) is 4.85. The first-order valence-electron chi connectivity index (χ1n) is 9.59. The van der Waals surface area contributed by atoms with Crippen molar-refractivity contribution in [3.05, 3.63) is 81.8 Å². The molecule has 1 aliphatic carbocycles. The minimum Gasteiger partial charge on any atom is -0.423 e. The summed E-state index contributed by atoms with van der Waals surface area (Å²) in [7, 11) is 0. The maximum atomic E-state index is 12.4. The van der Waals surface area contributed by atoms with Crippen LogP contribution < -0.4 is 10.4 Å². The summed E-state index contributed by atoms with van der Waals surface area (Å²) in [6.45, 7) is 7.48. The Kier molecular flexibility index (Phi) is 6.04. The number of carbonyl (C=O) groups is 1. The van der Waals surface area contributed by atoms with Gasteiger partial charge in [-0.05, 0) is 53.7 Å². The maximum Gasteiger partial charge on any atom is 0.343 e. The standard InChI is InChI=1S/C25H20N2O4/c1-4-23(28)30-21-8-7-17-10-18(24(29)31-22(17)11-21)6-5-16-9-19(20(14-26)15-27)13-25(2,3)12-16/h4-11H,1,12-13H2,2-3H3/b6-5+. The zero-order chi connectivity index (χ0) is 22.6. The topological polar surface area (TPSA) is 104 Å². The summed E-state index contributed by atoms with van der Waals surface area (Å²) >= 11 is 0. The average molecular weight is 412 g/mol. The number of allylic oxidation sites excluding steroid dienone is 5. The molecule has 3 rings (SSSR count). The minimum absolute atomic E-state index is 0.108. The summed E-state index contributed by atoms with van der Waals surface area (Å²) in [4.78, 5) is 23.8. The van der Waals surface area contributed by atoms with Gasteiger partial charge in [0.05, 0.1) is 5.56 Å². The number of nitrogens with zero attached hydrogens (tertiary/aromatic N) is 2. The van der Waals surface area contributed by atoms with Crippen molar-refractivity contribution in [1.82, 2.24) is 0 Å². The lowest BCUT2D eigenvalue weighted by atomic mass is 9.74. The van der Waals surface area contributed by atoms with Gasteiger partial charge >= 0.3 is 11.6 Å². The second-order valence-electron chi connectivity index (χ2n) is 8.01. The first-order chi connectivity index (χ1) is 14.7. The second kappa shape index (κ2) is 8.69. The number of ether oxygens (including phenoxy) is 1. The van der Waals surface area contributed by atoms with Gasteiger partial charge in [-0.1, -0.05) is 32.6 Å². The molecule has 0 saturated carbocycles. The van der Waals surface area contributed by atoms with Crippen LogP contribution >= 0.6 is 0 Å². The van der Waals surface area contributed by atoms with Crippen molar-refractivity contribution in [2.45, 2.75) is 26.7 Å². The minimum atomic E-state index is -0.602.